The number of halogens is 1. The molecule has 2 aliphatic carbocycles. The number of nitrogens with one attached hydrogen (secondary N) is 1. The zero-order valence-electron chi connectivity index (χ0n) is 20.5. The molecule has 1 amide bonds. The van der Waals surface area contributed by atoms with Gasteiger partial charge in [-0.25, -0.2) is 4.98 Å². The van der Waals surface area contributed by atoms with Gasteiger partial charge in [0.05, 0.1) is 17.0 Å². The minimum absolute atomic E-state index is 0.00453. The average molecular weight is 520 g/mol. The molecule has 1 saturated carbocycles. The molecule has 0 aliphatic heterocycles. The number of thioether (sulfide) groups is 1. The quantitative estimate of drug-likeness (QED) is 0.228. The molecule has 5 nitrogen and oxygen atoms in total. The van der Waals surface area contributed by atoms with Crippen molar-refractivity contribution < 1.29 is 4.79 Å². The van der Waals surface area contributed by atoms with E-state index in [0.717, 1.165) is 54.5 Å². The maximum Gasteiger partial charge on any atom is 0.258 e. The third-order valence-electron chi connectivity index (χ3n) is 7.46. The summed E-state index contributed by atoms with van der Waals surface area (Å²) in [4.78, 5) is 32.0. The Morgan fingerprint density at radius 1 is 1.19 bits per heavy atom. The molecular formula is C29H30ClN3O2S. The van der Waals surface area contributed by atoms with Gasteiger partial charge in [0, 0.05) is 28.2 Å². The monoisotopic (exact) mass is 519 g/mol. The molecule has 1 spiro atoms. The lowest BCUT2D eigenvalue weighted by atomic mass is 9.62. The van der Waals surface area contributed by atoms with E-state index >= 15 is 0 Å². The average Bonchev–Trinajstić information content (AvgIpc) is 2.87. The Labute approximate surface area is 221 Å². The molecule has 1 fully saturated rings. The second-order valence-corrected chi connectivity index (χ2v) is 11.1. The summed E-state index contributed by atoms with van der Waals surface area (Å²) in [5, 5.41) is 4.08. The standard InChI is InChI=1S/C29H30ClN3O2S/c1-3-16-33-27(35)25-26(21-11-6-5-10-20(21)17-29(25)14-7-4-8-15-29)32-28(33)36-18-24(34)31-23-13-9-12-22(30)19(23)2/h3,5-6,9-13H,1,4,7-8,14-18H2,2H3,(H,31,34). The van der Waals surface area contributed by atoms with Gasteiger partial charge >= 0.3 is 0 Å². The molecule has 0 bridgehead atoms. The molecule has 0 unspecified atom stereocenters. The number of hydrogen-bond acceptors (Lipinski definition) is 4. The molecule has 5 rings (SSSR count). The number of allylic oxidation sites excluding steroid dienone is 1. The second kappa shape index (κ2) is 10.3. The zero-order chi connectivity index (χ0) is 25.3. The topological polar surface area (TPSA) is 64.0 Å². The zero-order valence-corrected chi connectivity index (χ0v) is 22.1. The number of aromatic nitrogens is 2. The first-order chi connectivity index (χ1) is 17.4. The highest BCUT2D eigenvalue weighted by Crippen LogP contribution is 2.48. The first-order valence-electron chi connectivity index (χ1n) is 12.5. The van der Waals surface area contributed by atoms with Crippen molar-refractivity contribution >= 4 is 35.0 Å². The molecule has 36 heavy (non-hydrogen) atoms. The van der Waals surface area contributed by atoms with Crippen LogP contribution >= 0.6 is 23.4 Å². The van der Waals surface area contributed by atoms with Gasteiger partial charge in [-0.05, 0) is 49.4 Å². The van der Waals surface area contributed by atoms with E-state index in [-0.39, 0.29) is 22.6 Å². The highest BCUT2D eigenvalue weighted by molar-refractivity contribution is 7.99. The first kappa shape index (κ1) is 24.8. The third-order valence-corrected chi connectivity index (χ3v) is 8.85. The number of nitrogens with zero attached hydrogens (tertiary/aromatic N) is 2. The highest BCUT2D eigenvalue weighted by atomic mass is 35.5. The van der Waals surface area contributed by atoms with Gasteiger partial charge in [-0.1, -0.05) is 79.0 Å². The van der Waals surface area contributed by atoms with Crippen LogP contribution < -0.4 is 10.9 Å². The smallest absolute Gasteiger partial charge is 0.258 e. The van der Waals surface area contributed by atoms with Gasteiger partial charge in [-0.3, -0.25) is 14.2 Å². The molecule has 1 N–H and O–H groups in total. The number of anilines is 1. The van der Waals surface area contributed by atoms with Gasteiger partial charge in [0.1, 0.15) is 0 Å². The van der Waals surface area contributed by atoms with Crippen molar-refractivity contribution in [3.63, 3.8) is 0 Å². The molecule has 2 aliphatic rings. The van der Waals surface area contributed by atoms with Crippen molar-refractivity contribution in [3.05, 3.63) is 87.2 Å². The number of rotatable bonds is 6. The van der Waals surface area contributed by atoms with Gasteiger partial charge in [-0.15, -0.1) is 6.58 Å². The Balaban J connectivity index is 1.53. The maximum absolute atomic E-state index is 14.1. The second-order valence-electron chi connectivity index (χ2n) is 9.75. The van der Waals surface area contributed by atoms with Crippen molar-refractivity contribution in [1.29, 1.82) is 0 Å². The minimum Gasteiger partial charge on any atom is -0.325 e. The van der Waals surface area contributed by atoms with Gasteiger partial charge in [0.15, 0.2) is 5.16 Å². The van der Waals surface area contributed by atoms with E-state index in [1.807, 2.05) is 25.1 Å². The van der Waals surface area contributed by atoms with Crippen LogP contribution in [0.25, 0.3) is 11.3 Å². The first-order valence-corrected chi connectivity index (χ1v) is 13.8. The fraction of sp³-hybridized carbons (Fsp3) is 0.345. The van der Waals surface area contributed by atoms with E-state index in [2.05, 4.69) is 30.1 Å². The number of amides is 1. The molecule has 1 heterocycles. The van der Waals surface area contributed by atoms with Crippen LogP contribution in [0, 0.1) is 6.92 Å². The molecule has 186 valence electrons. The predicted molar refractivity (Wildman–Crippen MR) is 148 cm³/mol. The Hall–Kier alpha value is -2.83. The molecule has 1 aromatic heterocycles. The van der Waals surface area contributed by atoms with Crippen molar-refractivity contribution in [2.24, 2.45) is 0 Å². The molecule has 0 saturated heterocycles. The van der Waals surface area contributed by atoms with E-state index < -0.39 is 0 Å². The van der Waals surface area contributed by atoms with E-state index in [0.29, 0.717) is 22.4 Å². The lowest BCUT2D eigenvalue weighted by molar-refractivity contribution is -0.113. The Kier molecular flexibility index (Phi) is 7.09. The summed E-state index contributed by atoms with van der Waals surface area (Å²) in [5.41, 5.74) is 5.27. The number of hydrogen-bond donors (Lipinski definition) is 1. The summed E-state index contributed by atoms with van der Waals surface area (Å²) in [6.45, 7) is 6.10. The summed E-state index contributed by atoms with van der Waals surface area (Å²) >= 11 is 7.48. The molecule has 2 aromatic carbocycles. The van der Waals surface area contributed by atoms with Crippen LogP contribution in [-0.4, -0.2) is 21.2 Å². The van der Waals surface area contributed by atoms with E-state index in [1.54, 1.807) is 16.7 Å². The summed E-state index contributed by atoms with van der Waals surface area (Å²) < 4.78 is 1.69. The lowest BCUT2D eigenvalue weighted by Crippen LogP contribution is -2.43. The number of benzene rings is 2. The predicted octanol–water partition coefficient (Wildman–Crippen LogP) is 6.55. The summed E-state index contributed by atoms with van der Waals surface area (Å²) in [5.74, 6) is -0.0483. The van der Waals surface area contributed by atoms with Crippen LogP contribution in [-0.2, 0) is 23.2 Å². The van der Waals surface area contributed by atoms with Crippen molar-refractivity contribution in [2.45, 2.75) is 62.6 Å². The van der Waals surface area contributed by atoms with Crippen LogP contribution in [0.5, 0.6) is 0 Å². The number of carbonyl (C=O) groups is 1. The van der Waals surface area contributed by atoms with Crippen LogP contribution in [0.3, 0.4) is 0 Å². The SMILES string of the molecule is C=CCn1c(SCC(=O)Nc2cccc(Cl)c2C)nc2c(c1=O)C1(CCCCC1)Cc1ccccc1-2. The minimum atomic E-state index is -0.174. The summed E-state index contributed by atoms with van der Waals surface area (Å²) in [6, 6.07) is 13.7. The Bertz CT molecular complexity index is 1390. The van der Waals surface area contributed by atoms with E-state index in [1.165, 1.54) is 23.7 Å². The summed E-state index contributed by atoms with van der Waals surface area (Å²) in [7, 11) is 0. The van der Waals surface area contributed by atoms with Gasteiger partial charge in [0.2, 0.25) is 5.91 Å². The Morgan fingerprint density at radius 2 is 1.97 bits per heavy atom. The van der Waals surface area contributed by atoms with Gasteiger partial charge in [-0.2, -0.15) is 0 Å². The maximum atomic E-state index is 14.1. The van der Waals surface area contributed by atoms with Crippen LogP contribution in [0.15, 0.2) is 65.1 Å². The molecular weight excluding hydrogens is 490 g/mol. The lowest BCUT2D eigenvalue weighted by Gasteiger charge is -2.42. The Morgan fingerprint density at radius 3 is 2.75 bits per heavy atom. The number of fused-ring (bicyclic) bond motifs is 4. The van der Waals surface area contributed by atoms with Gasteiger partial charge < -0.3 is 5.32 Å². The number of carbonyl (C=O) groups excluding carboxylic acids is 1. The fourth-order valence-electron chi connectivity index (χ4n) is 5.68. The highest BCUT2D eigenvalue weighted by Gasteiger charge is 2.43. The van der Waals surface area contributed by atoms with Crippen molar-refractivity contribution in [3.8, 4) is 11.3 Å². The van der Waals surface area contributed by atoms with E-state index in [4.69, 9.17) is 16.6 Å². The molecule has 0 radical (unpaired) electrons. The fourth-order valence-corrected chi connectivity index (χ4v) is 6.66. The third kappa shape index (κ3) is 4.53. The van der Waals surface area contributed by atoms with Crippen molar-refractivity contribution in [1.82, 2.24) is 9.55 Å². The van der Waals surface area contributed by atoms with Crippen LogP contribution in [0.1, 0.15) is 48.8 Å². The normalized spacial score (nSPS) is 15.7. The van der Waals surface area contributed by atoms with Gasteiger partial charge in [0.25, 0.3) is 5.56 Å². The van der Waals surface area contributed by atoms with Crippen LogP contribution in [0.4, 0.5) is 5.69 Å². The summed E-state index contributed by atoms with van der Waals surface area (Å²) in [6.07, 6.45) is 8.08. The van der Waals surface area contributed by atoms with Crippen molar-refractivity contribution in [2.75, 3.05) is 11.1 Å². The largest absolute Gasteiger partial charge is 0.325 e. The van der Waals surface area contributed by atoms with Crippen LogP contribution in [0.2, 0.25) is 5.02 Å². The molecule has 3 aromatic rings. The van der Waals surface area contributed by atoms with E-state index in [9.17, 15) is 9.59 Å². The molecule has 7 heteroatoms. The molecule has 0 atom stereocenters.